The molecule has 0 aliphatic carbocycles. The molecule has 0 aliphatic heterocycles. The van der Waals surface area contributed by atoms with Gasteiger partial charge in [-0.3, -0.25) is 0 Å². The maximum absolute atomic E-state index is 10.3. The molecule has 0 spiro atoms. The number of aliphatic carboxylic acids is 2. The highest BCUT2D eigenvalue weighted by Gasteiger charge is 1.99. The summed E-state index contributed by atoms with van der Waals surface area (Å²) < 4.78 is 0. The summed E-state index contributed by atoms with van der Waals surface area (Å²) in [5.74, 6) is -2.13. The van der Waals surface area contributed by atoms with Crippen LogP contribution in [0, 0.1) is 0 Å². The first-order valence-electron chi connectivity index (χ1n) is 3.26. The molecule has 0 unspecified atom stereocenters. The Kier molecular flexibility index (Phi) is 3.76. The predicted octanol–water partition coefficient (Wildman–Crippen LogP) is 1.05. The van der Waals surface area contributed by atoms with Crippen LogP contribution in [-0.4, -0.2) is 22.2 Å². The fraction of sp³-hybridized carbons (Fsp3) is 0.250. The number of hydrogen-bond donors (Lipinski definition) is 2. The second-order valence-electron chi connectivity index (χ2n) is 2.36. The lowest BCUT2D eigenvalue weighted by Crippen LogP contribution is -1.96. The first-order valence-corrected chi connectivity index (χ1v) is 3.26. The summed E-state index contributed by atoms with van der Waals surface area (Å²) in [7, 11) is 0. The molecule has 0 saturated heterocycles. The fourth-order valence-electron chi connectivity index (χ4n) is 0.640. The topological polar surface area (TPSA) is 74.6 Å². The van der Waals surface area contributed by atoms with Crippen molar-refractivity contribution >= 4 is 11.9 Å². The smallest absolute Gasteiger partial charge is 0.331 e. The van der Waals surface area contributed by atoms with E-state index in [1.165, 1.54) is 19.9 Å². The Balaban J connectivity index is 4.54. The molecule has 12 heavy (non-hydrogen) atoms. The van der Waals surface area contributed by atoms with Gasteiger partial charge in [-0.15, -0.1) is 0 Å². The van der Waals surface area contributed by atoms with Gasteiger partial charge in [-0.25, -0.2) is 9.59 Å². The Bertz CT molecular complexity index is 260. The van der Waals surface area contributed by atoms with Crippen LogP contribution in [0.1, 0.15) is 13.8 Å². The molecule has 0 aromatic rings. The SMILES string of the molecule is CC(=C\C(=O)O)/C=C(\C)C(=O)O. The molecule has 0 atom stereocenters. The van der Waals surface area contributed by atoms with Gasteiger partial charge in [0, 0.05) is 11.6 Å². The predicted molar refractivity (Wildman–Crippen MR) is 42.8 cm³/mol. The average Bonchev–Trinajstić information content (AvgIpc) is 1.84. The molecule has 0 aromatic carbocycles. The highest BCUT2D eigenvalue weighted by Crippen LogP contribution is 2.01. The van der Waals surface area contributed by atoms with E-state index in [0.29, 0.717) is 5.57 Å². The summed E-state index contributed by atoms with van der Waals surface area (Å²) in [6, 6.07) is 0. The van der Waals surface area contributed by atoms with Gasteiger partial charge < -0.3 is 10.2 Å². The molecule has 0 radical (unpaired) electrons. The van der Waals surface area contributed by atoms with Crippen LogP contribution in [0.3, 0.4) is 0 Å². The summed E-state index contributed by atoms with van der Waals surface area (Å²) in [4.78, 5) is 20.4. The van der Waals surface area contributed by atoms with Crippen molar-refractivity contribution in [2.75, 3.05) is 0 Å². The summed E-state index contributed by atoms with van der Waals surface area (Å²) >= 11 is 0. The van der Waals surface area contributed by atoms with Gasteiger partial charge in [0.2, 0.25) is 0 Å². The zero-order valence-electron chi connectivity index (χ0n) is 6.87. The van der Waals surface area contributed by atoms with Crippen molar-refractivity contribution < 1.29 is 19.8 Å². The van der Waals surface area contributed by atoms with Crippen molar-refractivity contribution in [3.05, 3.63) is 23.3 Å². The van der Waals surface area contributed by atoms with Gasteiger partial charge in [0.05, 0.1) is 0 Å². The molecule has 0 aromatic heterocycles. The van der Waals surface area contributed by atoms with Crippen LogP contribution < -0.4 is 0 Å². The molecule has 0 heterocycles. The molecule has 4 nitrogen and oxygen atoms in total. The highest BCUT2D eigenvalue weighted by atomic mass is 16.4. The lowest BCUT2D eigenvalue weighted by molar-refractivity contribution is -0.133. The van der Waals surface area contributed by atoms with Crippen molar-refractivity contribution in [1.82, 2.24) is 0 Å². The fourth-order valence-corrected chi connectivity index (χ4v) is 0.640. The van der Waals surface area contributed by atoms with Crippen LogP contribution >= 0.6 is 0 Å². The zero-order valence-corrected chi connectivity index (χ0v) is 6.87. The number of carboxylic acids is 2. The largest absolute Gasteiger partial charge is 0.478 e. The molecule has 4 heteroatoms. The third-order valence-electron chi connectivity index (χ3n) is 1.13. The van der Waals surface area contributed by atoms with Crippen molar-refractivity contribution in [3.63, 3.8) is 0 Å². The van der Waals surface area contributed by atoms with E-state index in [4.69, 9.17) is 10.2 Å². The maximum atomic E-state index is 10.3. The summed E-state index contributed by atoms with van der Waals surface area (Å²) in [5.41, 5.74) is 0.521. The molecule has 0 amide bonds. The Morgan fingerprint density at radius 2 is 1.58 bits per heavy atom. The van der Waals surface area contributed by atoms with Crippen LogP contribution in [-0.2, 0) is 9.59 Å². The van der Waals surface area contributed by atoms with Gasteiger partial charge >= 0.3 is 11.9 Å². The molecular weight excluding hydrogens is 160 g/mol. The second kappa shape index (κ2) is 4.33. The Morgan fingerprint density at radius 1 is 1.08 bits per heavy atom. The number of rotatable bonds is 3. The van der Waals surface area contributed by atoms with Crippen molar-refractivity contribution in [3.8, 4) is 0 Å². The van der Waals surface area contributed by atoms with E-state index < -0.39 is 11.9 Å². The van der Waals surface area contributed by atoms with Crippen LogP contribution in [0.25, 0.3) is 0 Å². The minimum atomic E-state index is -1.08. The van der Waals surface area contributed by atoms with E-state index in [0.717, 1.165) is 6.08 Å². The molecule has 0 fully saturated rings. The Morgan fingerprint density at radius 3 is 1.92 bits per heavy atom. The van der Waals surface area contributed by atoms with E-state index in [-0.39, 0.29) is 5.57 Å². The quantitative estimate of drug-likeness (QED) is 0.490. The van der Waals surface area contributed by atoms with Gasteiger partial charge in [-0.2, -0.15) is 0 Å². The molecule has 0 rings (SSSR count). The maximum Gasteiger partial charge on any atom is 0.331 e. The average molecular weight is 170 g/mol. The van der Waals surface area contributed by atoms with Crippen LogP contribution in [0.4, 0.5) is 0 Å². The molecular formula is C8H10O4. The third-order valence-corrected chi connectivity index (χ3v) is 1.13. The Labute approximate surface area is 69.8 Å². The van der Waals surface area contributed by atoms with E-state index >= 15 is 0 Å². The molecule has 66 valence electrons. The van der Waals surface area contributed by atoms with E-state index in [9.17, 15) is 9.59 Å². The van der Waals surface area contributed by atoms with E-state index in [1.807, 2.05) is 0 Å². The third kappa shape index (κ3) is 4.27. The minimum Gasteiger partial charge on any atom is -0.478 e. The summed E-state index contributed by atoms with van der Waals surface area (Å²) in [6.07, 6.45) is 2.25. The van der Waals surface area contributed by atoms with E-state index in [1.54, 1.807) is 0 Å². The number of allylic oxidation sites excluding steroid dienone is 2. The minimum absolute atomic E-state index is 0.116. The molecule has 0 saturated carbocycles. The van der Waals surface area contributed by atoms with Crippen molar-refractivity contribution in [2.24, 2.45) is 0 Å². The standard InChI is InChI=1S/C8H10O4/c1-5(4-7(9)10)3-6(2)8(11)12/h3-4H,1-2H3,(H,9,10)(H,11,12)/b5-4+,6-3+. The first kappa shape index (κ1) is 10.4. The zero-order chi connectivity index (χ0) is 9.72. The van der Waals surface area contributed by atoms with Gasteiger partial charge in [0.15, 0.2) is 0 Å². The van der Waals surface area contributed by atoms with Gasteiger partial charge in [-0.1, -0.05) is 0 Å². The lowest BCUT2D eigenvalue weighted by Gasteiger charge is -1.92. The molecule has 0 aliphatic rings. The van der Waals surface area contributed by atoms with Gasteiger partial charge in [0.1, 0.15) is 0 Å². The lowest BCUT2D eigenvalue weighted by atomic mass is 10.2. The normalized spacial score (nSPS) is 12.8. The van der Waals surface area contributed by atoms with Gasteiger partial charge in [-0.05, 0) is 25.5 Å². The Hall–Kier alpha value is -1.58. The second-order valence-corrected chi connectivity index (χ2v) is 2.36. The number of carboxylic acid groups (broad SMARTS) is 2. The van der Waals surface area contributed by atoms with E-state index in [2.05, 4.69) is 0 Å². The summed E-state index contributed by atoms with van der Waals surface area (Å²) in [5, 5.41) is 16.7. The first-order chi connectivity index (χ1) is 5.43. The van der Waals surface area contributed by atoms with Crippen LogP contribution in [0.15, 0.2) is 23.3 Å². The van der Waals surface area contributed by atoms with Crippen molar-refractivity contribution in [2.45, 2.75) is 13.8 Å². The summed E-state index contributed by atoms with van der Waals surface area (Å²) in [6.45, 7) is 2.93. The molecule has 0 bridgehead atoms. The number of carbonyl (C=O) groups is 2. The monoisotopic (exact) mass is 170 g/mol. The van der Waals surface area contributed by atoms with Crippen molar-refractivity contribution in [1.29, 1.82) is 0 Å². The van der Waals surface area contributed by atoms with Crippen LogP contribution in [0.5, 0.6) is 0 Å². The van der Waals surface area contributed by atoms with Crippen LogP contribution in [0.2, 0.25) is 0 Å². The molecule has 2 N–H and O–H groups in total. The highest BCUT2D eigenvalue weighted by molar-refractivity contribution is 5.87. The van der Waals surface area contributed by atoms with Gasteiger partial charge in [0.25, 0.3) is 0 Å². The number of hydrogen-bond acceptors (Lipinski definition) is 2.